The van der Waals surface area contributed by atoms with Gasteiger partial charge in [-0.05, 0) is 5.56 Å². The molecule has 0 N–H and O–H groups in total. The van der Waals surface area contributed by atoms with Crippen LogP contribution in [0.15, 0.2) is 30.3 Å². The van der Waals surface area contributed by atoms with Crippen LogP contribution in [0.1, 0.15) is 11.7 Å². The molecule has 0 radical (unpaired) electrons. The predicted octanol–water partition coefficient (Wildman–Crippen LogP) is 0.421. The van der Waals surface area contributed by atoms with Crippen LogP contribution in [0.25, 0.3) is 0 Å². The first-order chi connectivity index (χ1) is 12.9. The van der Waals surface area contributed by atoms with Crippen LogP contribution in [0.4, 0.5) is 0 Å². The van der Waals surface area contributed by atoms with Crippen molar-refractivity contribution in [3.05, 3.63) is 35.9 Å². The van der Waals surface area contributed by atoms with Crippen LogP contribution in [-0.4, -0.2) is 57.9 Å². The third-order valence-corrected chi connectivity index (χ3v) is 4.47. The summed E-state index contributed by atoms with van der Waals surface area (Å²) in [6, 6.07) is 8.34. The van der Waals surface area contributed by atoms with Gasteiger partial charge in [0.05, 0.1) is 34.5 Å². The average molecular weight is 380 g/mol. The normalized spacial score (nSPS) is 23.2. The summed E-state index contributed by atoms with van der Waals surface area (Å²) in [6.45, 7) is 0. The number of carbonyl (C=O) groups excluding carboxylic acids is 4. The van der Waals surface area contributed by atoms with Crippen molar-refractivity contribution in [2.24, 2.45) is 11.8 Å². The van der Waals surface area contributed by atoms with Crippen molar-refractivity contribution in [1.29, 1.82) is 0 Å². The molecule has 0 bridgehead atoms. The quantitative estimate of drug-likeness (QED) is 0.407. The summed E-state index contributed by atoms with van der Waals surface area (Å²) in [5, 5.41) is 0. The Balaban J connectivity index is 2.75. The Bertz CT molecular complexity index is 712. The van der Waals surface area contributed by atoms with Crippen molar-refractivity contribution in [1.82, 2.24) is 0 Å². The van der Waals surface area contributed by atoms with Crippen molar-refractivity contribution < 1.29 is 42.9 Å². The SMILES string of the molecule is COC(=O)[C@@H]1[C@@H](c2ccccc2)OC(C(=O)OC)(C(=O)OC)[C@@H]1C(=O)OC. The lowest BCUT2D eigenvalue weighted by molar-refractivity contribution is -0.194. The second-order valence-electron chi connectivity index (χ2n) is 5.72. The zero-order chi connectivity index (χ0) is 20.2. The average Bonchev–Trinajstić information content (AvgIpc) is 3.09. The molecule has 146 valence electrons. The van der Waals surface area contributed by atoms with Crippen molar-refractivity contribution in [3.8, 4) is 0 Å². The molecule has 3 atom stereocenters. The van der Waals surface area contributed by atoms with Gasteiger partial charge in [-0.25, -0.2) is 9.59 Å². The molecule has 1 aliphatic rings. The lowest BCUT2D eigenvalue weighted by Crippen LogP contribution is -2.56. The van der Waals surface area contributed by atoms with Crippen LogP contribution in [0.2, 0.25) is 0 Å². The first-order valence-electron chi connectivity index (χ1n) is 7.94. The highest BCUT2D eigenvalue weighted by molar-refractivity contribution is 6.09. The fourth-order valence-corrected chi connectivity index (χ4v) is 3.26. The Labute approximate surface area is 155 Å². The van der Waals surface area contributed by atoms with Crippen LogP contribution in [-0.2, 0) is 42.9 Å². The molecule has 9 heteroatoms. The molecule has 1 aliphatic heterocycles. The van der Waals surface area contributed by atoms with E-state index < -0.39 is 47.4 Å². The topological polar surface area (TPSA) is 114 Å². The Morgan fingerprint density at radius 2 is 1.33 bits per heavy atom. The van der Waals surface area contributed by atoms with E-state index in [0.29, 0.717) is 5.56 Å². The van der Waals surface area contributed by atoms with Gasteiger partial charge in [-0.2, -0.15) is 0 Å². The first-order valence-corrected chi connectivity index (χ1v) is 7.94. The first kappa shape index (κ1) is 20.4. The molecule has 0 amide bonds. The van der Waals surface area contributed by atoms with E-state index in [2.05, 4.69) is 0 Å². The molecule has 1 saturated heterocycles. The fourth-order valence-electron chi connectivity index (χ4n) is 3.26. The third-order valence-electron chi connectivity index (χ3n) is 4.47. The molecule has 0 aromatic heterocycles. The minimum atomic E-state index is -2.52. The van der Waals surface area contributed by atoms with E-state index in [9.17, 15) is 19.2 Å². The van der Waals surface area contributed by atoms with Crippen LogP contribution in [0.5, 0.6) is 0 Å². The summed E-state index contributed by atoms with van der Waals surface area (Å²) in [7, 11) is 4.22. The van der Waals surface area contributed by atoms with Crippen molar-refractivity contribution >= 4 is 23.9 Å². The van der Waals surface area contributed by atoms with Gasteiger partial charge in [0.1, 0.15) is 11.8 Å². The van der Waals surface area contributed by atoms with E-state index in [-0.39, 0.29) is 0 Å². The van der Waals surface area contributed by atoms with E-state index in [1.807, 2.05) is 0 Å². The Morgan fingerprint density at radius 3 is 1.78 bits per heavy atom. The number of ether oxygens (including phenoxy) is 5. The number of benzene rings is 1. The molecule has 27 heavy (non-hydrogen) atoms. The number of carbonyl (C=O) groups is 4. The molecule has 1 fully saturated rings. The number of hydrogen-bond donors (Lipinski definition) is 0. The summed E-state index contributed by atoms with van der Waals surface area (Å²) in [4.78, 5) is 50.3. The second-order valence-corrected chi connectivity index (χ2v) is 5.72. The molecule has 1 heterocycles. The Morgan fingerprint density at radius 1 is 0.815 bits per heavy atom. The van der Waals surface area contributed by atoms with Gasteiger partial charge in [0.2, 0.25) is 0 Å². The maximum Gasteiger partial charge on any atom is 0.351 e. The van der Waals surface area contributed by atoms with Gasteiger partial charge >= 0.3 is 23.9 Å². The standard InChI is InChI=1S/C18H20O9/c1-23-14(19)11-12(15(20)24-2)18(16(21)25-3,17(22)26-4)27-13(11)10-8-6-5-7-9-10/h5-9,11-13H,1-4H3/t11-,12-,13+/m0/s1. The van der Waals surface area contributed by atoms with E-state index in [4.69, 9.17) is 23.7 Å². The van der Waals surface area contributed by atoms with Gasteiger partial charge in [-0.15, -0.1) is 0 Å². The highest BCUT2D eigenvalue weighted by Crippen LogP contribution is 2.50. The molecule has 9 nitrogen and oxygen atoms in total. The Kier molecular flexibility index (Phi) is 6.17. The number of hydrogen-bond acceptors (Lipinski definition) is 9. The Hall–Kier alpha value is -2.94. The molecule has 0 saturated carbocycles. The molecular formula is C18H20O9. The minimum Gasteiger partial charge on any atom is -0.469 e. The molecule has 1 aromatic carbocycles. The van der Waals surface area contributed by atoms with Crippen LogP contribution < -0.4 is 0 Å². The lowest BCUT2D eigenvalue weighted by atomic mass is 9.77. The van der Waals surface area contributed by atoms with Gasteiger partial charge in [0, 0.05) is 0 Å². The predicted molar refractivity (Wildman–Crippen MR) is 88.0 cm³/mol. The van der Waals surface area contributed by atoms with Crippen molar-refractivity contribution in [2.45, 2.75) is 11.7 Å². The molecule has 1 aromatic rings. The maximum atomic E-state index is 12.6. The van der Waals surface area contributed by atoms with Crippen LogP contribution in [0, 0.1) is 11.8 Å². The highest BCUT2D eigenvalue weighted by atomic mass is 16.6. The van der Waals surface area contributed by atoms with Crippen molar-refractivity contribution in [2.75, 3.05) is 28.4 Å². The number of rotatable bonds is 5. The lowest BCUT2D eigenvalue weighted by Gasteiger charge is -2.27. The molecule has 0 aliphatic carbocycles. The van der Waals surface area contributed by atoms with E-state index >= 15 is 0 Å². The zero-order valence-corrected chi connectivity index (χ0v) is 15.3. The summed E-state index contributed by atoms with van der Waals surface area (Å²) >= 11 is 0. The van der Waals surface area contributed by atoms with Gasteiger partial charge < -0.3 is 23.7 Å². The monoisotopic (exact) mass is 380 g/mol. The molecule has 0 spiro atoms. The highest BCUT2D eigenvalue weighted by Gasteiger charge is 2.71. The maximum absolute atomic E-state index is 12.6. The number of methoxy groups -OCH3 is 4. The van der Waals surface area contributed by atoms with Crippen LogP contribution in [0.3, 0.4) is 0 Å². The van der Waals surface area contributed by atoms with E-state index in [1.54, 1.807) is 30.3 Å². The van der Waals surface area contributed by atoms with Gasteiger partial charge in [-0.3, -0.25) is 9.59 Å². The summed E-state index contributed by atoms with van der Waals surface area (Å²) in [5.74, 6) is -7.24. The minimum absolute atomic E-state index is 0.455. The zero-order valence-electron chi connectivity index (χ0n) is 15.3. The van der Waals surface area contributed by atoms with E-state index in [0.717, 1.165) is 28.4 Å². The second kappa shape index (κ2) is 8.17. The molecule has 2 rings (SSSR count). The number of esters is 4. The summed E-state index contributed by atoms with van der Waals surface area (Å²) in [5.41, 5.74) is -2.06. The summed E-state index contributed by atoms with van der Waals surface area (Å²) < 4.78 is 24.7. The molecule has 0 unspecified atom stereocenters. The molecular weight excluding hydrogens is 360 g/mol. The van der Waals surface area contributed by atoms with Gasteiger partial charge in [0.25, 0.3) is 5.60 Å². The fraction of sp³-hybridized carbons (Fsp3) is 0.444. The smallest absolute Gasteiger partial charge is 0.351 e. The largest absolute Gasteiger partial charge is 0.469 e. The van der Waals surface area contributed by atoms with Gasteiger partial charge in [0.15, 0.2) is 0 Å². The third kappa shape index (κ3) is 3.25. The van der Waals surface area contributed by atoms with Gasteiger partial charge in [-0.1, -0.05) is 30.3 Å². The van der Waals surface area contributed by atoms with Crippen molar-refractivity contribution in [3.63, 3.8) is 0 Å². The van der Waals surface area contributed by atoms with Crippen LogP contribution >= 0.6 is 0 Å². The van der Waals surface area contributed by atoms with E-state index in [1.165, 1.54) is 0 Å². The summed E-state index contributed by atoms with van der Waals surface area (Å²) in [6.07, 6.45) is -1.15.